The lowest BCUT2D eigenvalue weighted by Crippen LogP contribution is -2.64. The molecule has 13 nitrogen and oxygen atoms in total. The van der Waals surface area contributed by atoms with Crippen LogP contribution in [0.2, 0.25) is 0 Å². The van der Waals surface area contributed by atoms with Gasteiger partial charge < -0.3 is 46.0 Å². The normalized spacial score (nSPS) is 23.2. The number of phosphoric acid groups is 1. The summed E-state index contributed by atoms with van der Waals surface area (Å²) in [6, 6.07) is -1.15. The van der Waals surface area contributed by atoms with Gasteiger partial charge in [-0.1, -0.05) is 187 Å². The molecule has 1 saturated carbocycles. The summed E-state index contributed by atoms with van der Waals surface area (Å²) >= 11 is 0. The number of unbranched alkanes of at least 4 members (excludes halogenated alkanes) is 26. The van der Waals surface area contributed by atoms with Crippen LogP contribution in [0.25, 0.3) is 0 Å². The van der Waals surface area contributed by atoms with Gasteiger partial charge in [-0.25, -0.2) is 4.57 Å². The van der Waals surface area contributed by atoms with Crippen molar-refractivity contribution in [3.05, 3.63) is 12.2 Å². The minimum atomic E-state index is -5.11. The quantitative estimate of drug-likeness (QED) is 0.0160. The molecule has 1 aliphatic rings. The second kappa shape index (κ2) is 37.3. The maximum absolute atomic E-state index is 13.0. The van der Waals surface area contributed by atoms with E-state index in [1.807, 2.05) is 0 Å². The van der Waals surface area contributed by atoms with Gasteiger partial charge in [0.05, 0.1) is 31.3 Å². The van der Waals surface area contributed by atoms with Crippen LogP contribution in [0.3, 0.4) is 0 Å². The molecular formula is C47H92NO12P. The van der Waals surface area contributed by atoms with Gasteiger partial charge in [0.2, 0.25) is 5.91 Å². The third-order valence-electron chi connectivity index (χ3n) is 12.1. The largest absolute Gasteiger partial charge is 0.472 e. The number of nitrogens with one attached hydrogen (secondary N) is 1. The van der Waals surface area contributed by atoms with Crippen LogP contribution in [0.1, 0.15) is 219 Å². The first-order valence-electron chi connectivity index (χ1n) is 24.7. The number of carbonyl (C=O) groups is 1. The number of amides is 1. The van der Waals surface area contributed by atoms with Crippen LogP contribution < -0.4 is 5.32 Å². The van der Waals surface area contributed by atoms with E-state index in [4.69, 9.17) is 9.05 Å². The maximum atomic E-state index is 13.0. The standard InChI is InChI=1S/C47H92NO12P/c1-3-5-7-9-11-13-15-16-17-18-19-20-21-22-23-24-25-26-28-30-32-34-38(49)36-41(51)48-39(40(50)35-33-31-29-27-14-12-10-8-6-4-2)37-59-61(57,58)60-47-45(55)43(53)42(52)44(54)46(47)56/h22-23,38-40,42-47,49-50,52-56H,3-21,24-37H2,1-2H3,(H,48,51)(H,57,58)/b23-22-. The first-order valence-corrected chi connectivity index (χ1v) is 26.2. The molecule has 8 unspecified atom stereocenters. The molecule has 0 heterocycles. The predicted molar refractivity (Wildman–Crippen MR) is 243 cm³/mol. The van der Waals surface area contributed by atoms with E-state index < -0.39 is 75.2 Å². The van der Waals surface area contributed by atoms with Crippen molar-refractivity contribution in [2.75, 3.05) is 6.61 Å². The number of allylic oxidation sites excluding steroid dienone is 2. The average molecular weight is 894 g/mol. The molecule has 14 heteroatoms. The van der Waals surface area contributed by atoms with Crippen molar-refractivity contribution in [3.8, 4) is 0 Å². The Kier molecular flexibility index (Phi) is 35.5. The van der Waals surface area contributed by atoms with E-state index in [1.54, 1.807) is 0 Å². The number of aliphatic hydroxyl groups excluding tert-OH is 7. The van der Waals surface area contributed by atoms with Crippen LogP contribution in [-0.4, -0.2) is 108 Å². The third kappa shape index (κ3) is 29.2. The number of phosphoric ester groups is 1. The molecule has 0 radical (unpaired) electrons. The zero-order valence-corrected chi connectivity index (χ0v) is 39.2. The summed E-state index contributed by atoms with van der Waals surface area (Å²) in [6.07, 6.45) is 25.6. The summed E-state index contributed by atoms with van der Waals surface area (Å²) in [5, 5.41) is 74.6. The van der Waals surface area contributed by atoms with Crippen LogP contribution in [0.5, 0.6) is 0 Å². The molecule has 0 bridgehead atoms. The summed E-state index contributed by atoms with van der Waals surface area (Å²) < 4.78 is 22.9. The predicted octanol–water partition coefficient (Wildman–Crippen LogP) is 8.59. The summed E-state index contributed by atoms with van der Waals surface area (Å²) in [5.41, 5.74) is 0. The van der Waals surface area contributed by atoms with Gasteiger partial charge in [0.25, 0.3) is 0 Å². The van der Waals surface area contributed by atoms with Crippen LogP contribution in [0.4, 0.5) is 0 Å². The summed E-state index contributed by atoms with van der Waals surface area (Å²) in [4.78, 5) is 23.4. The molecule has 0 aromatic rings. The van der Waals surface area contributed by atoms with Crippen molar-refractivity contribution in [3.63, 3.8) is 0 Å². The van der Waals surface area contributed by atoms with Crippen LogP contribution >= 0.6 is 7.82 Å². The summed E-state index contributed by atoms with van der Waals surface area (Å²) in [5.74, 6) is -0.564. The molecule has 1 aliphatic carbocycles. The van der Waals surface area contributed by atoms with Crippen LogP contribution in [-0.2, 0) is 18.4 Å². The van der Waals surface area contributed by atoms with Gasteiger partial charge in [-0.05, 0) is 38.5 Å². The Bertz CT molecular complexity index is 1100. The average Bonchev–Trinajstić information content (AvgIpc) is 3.23. The lowest BCUT2D eigenvalue weighted by molar-refractivity contribution is -0.220. The lowest BCUT2D eigenvalue weighted by Gasteiger charge is -2.41. The smallest absolute Gasteiger partial charge is 0.393 e. The van der Waals surface area contributed by atoms with Crippen molar-refractivity contribution >= 4 is 13.7 Å². The SMILES string of the molecule is CCCCCCCCCCCCCC/C=C\CCCCCCCC(O)CC(=O)NC(COP(=O)(O)OC1C(O)C(O)C(O)C(O)C1O)C(O)CCCCCCCCCCCC. The fraction of sp³-hybridized carbons (Fsp3) is 0.936. The molecule has 0 spiro atoms. The maximum Gasteiger partial charge on any atom is 0.472 e. The van der Waals surface area contributed by atoms with Gasteiger partial charge in [-0.2, -0.15) is 0 Å². The first kappa shape index (κ1) is 58.1. The number of hydrogen-bond donors (Lipinski definition) is 9. The van der Waals surface area contributed by atoms with Crippen molar-refractivity contribution in [2.45, 2.75) is 274 Å². The van der Waals surface area contributed by atoms with E-state index in [1.165, 1.54) is 109 Å². The van der Waals surface area contributed by atoms with E-state index in [0.717, 1.165) is 70.6 Å². The Labute approximate surface area is 370 Å². The molecule has 0 aromatic heterocycles. The molecule has 61 heavy (non-hydrogen) atoms. The van der Waals surface area contributed by atoms with E-state index in [-0.39, 0.29) is 12.8 Å². The second-order valence-electron chi connectivity index (χ2n) is 17.9. The van der Waals surface area contributed by atoms with Crippen molar-refractivity contribution in [1.29, 1.82) is 0 Å². The van der Waals surface area contributed by atoms with Gasteiger partial charge in [0.1, 0.15) is 36.6 Å². The van der Waals surface area contributed by atoms with Gasteiger partial charge in [0, 0.05) is 0 Å². The Morgan fingerprint density at radius 1 is 0.557 bits per heavy atom. The van der Waals surface area contributed by atoms with Crippen molar-refractivity contribution in [2.24, 2.45) is 0 Å². The molecule has 362 valence electrons. The molecule has 8 atom stereocenters. The number of aliphatic hydroxyl groups is 7. The monoisotopic (exact) mass is 894 g/mol. The Hall–Kier alpha value is -0.960. The molecule has 0 saturated heterocycles. The number of hydrogen-bond acceptors (Lipinski definition) is 11. The summed E-state index contributed by atoms with van der Waals surface area (Å²) in [6.45, 7) is 3.77. The highest BCUT2D eigenvalue weighted by atomic mass is 31.2. The van der Waals surface area contributed by atoms with E-state index in [0.29, 0.717) is 12.8 Å². The molecule has 0 aliphatic heterocycles. The molecular weight excluding hydrogens is 801 g/mol. The zero-order valence-electron chi connectivity index (χ0n) is 38.3. The van der Waals surface area contributed by atoms with Gasteiger partial charge >= 0.3 is 7.82 Å². The molecule has 1 amide bonds. The van der Waals surface area contributed by atoms with E-state index in [9.17, 15) is 50.0 Å². The first-order chi connectivity index (χ1) is 29.3. The Morgan fingerprint density at radius 3 is 1.34 bits per heavy atom. The van der Waals surface area contributed by atoms with Crippen molar-refractivity contribution < 1.29 is 59.0 Å². The number of rotatable bonds is 41. The fourth-order valence-corrected chi connectivity index (χ4v) is 9.03. The molecule has 0 aromatic carbocycles. The molecule has 1 fully saturated rings. The van der Waals surface area contributed by atoms with E-state index >= 15 is 0 Å². The molecule has 1 rings (SSSR count). The van der Waals surface area contributed by atoms with Crippen molar-refractivity contribution in [1.82, 2.24) is 5.32 Å². The van der Waals surface area contributed by atoms with Crippen LogP contribution in [0, 0.1) is 0 Å². The minimum absolute atomic E-state index is 0.225. The highest BCUT2D eigenvalue weighted by Gasteiger charge is 2.51. The third-order valence-corrected chi connectivity index (χ3v) is 13.1. The number of carbonyl (C=O) groups excluding carboxylic acids is 1. The van der Waals surface area contributed by atoms with Crippen LogP contribution in [0.15, 0.2) is 12.2 Å². The minimum Gasteiger partial charge on any atom is -0.393 e. The topological polar surface area (TPSA) is 226 Å². The fourth-order valence-electron chi connectivity index (χ4n) is 8.06. The highest BCUT2D eigenvalue weighted by Crippen LogP contribution is 2.47. The van der Waals surface area contributed by atoms with E-state index in [2.05, 4.69) is 31.3 Å². The van der Waals surface area contributed by atoms with Gasteiger partial charge in [0.15, 0.2) is 0 Å². The lowest BCUT2D eigenvalue weighted by atomic mass is 9.85. The highest BCUT2D eigenvalue weighted by molar-refractivity contribution is 7.47. The second-order valence-corrected chi connectivity index (χ2v) is 19.3. The summed E-state index contributed by atoms with van der Waals surface area (Å²) in [7, 11) is -5.11. The van der Waals surface area contributed by atoms with Gasteiger partial charge in [-0.3, -0.25) is 13.8 Å². The van der Waals surface area contributed by atoms with Gasteiger partial charge in [-0.15, -0.1) is 0 Å². The Morgan fingerprint density at radius 2 is 0.918 bits per heavy atom. The molecule has 9 N–H and O–H groups in total. The zero-order chi connectivity index (χ0) is 45.1. The Balaban J connectivity index is 2.41.